The maximum atomic E-state index is 12.8. The van der Waals surface area contributed by atoms with Crippen LogP contribution in [-0.4, -0.2) is 86.9 Å². The van der Waals surface area contributed by atoms with E-state index in [1.807, 2.05) is 4.90 Å². The third kappa shape index (κ3) is 2.80. The van der Waals surface area contributed by atoms with Gasteiger partial charge in [0.1, 0.15) is 11.9 Å². The van der Waals surface area contributed by atoms with Crippen molar-refractivity contribution < 1.29 is 19.1 Å². The van der Waals surface area contributed by atoms with E-state index in [0.29, 0.717) is 51.1 Å². The summed E-state index contributed by atoms with van der Waals surface area (Å²) in [7, 11) is 0. The number of nitrogens with zero attached hydrogens (tertiary/aromatic N) is 5. The Balaban J connectivity index is 1.31. The smallest absolute Gasteiger partial charge is 0.410 e. The van der Waals surface area contributed by atoms with Crippen LogP contribution in [0.15, 0.2) is 18.7 Å². The van der Waals surface area contributed by atoms with E-state index < -0.39 is 5.60 Å². The molecule has 0 bridgehead atoms. The summed E-state index contributed by atoms with van der Waals surface area (Å²) in [4.78, 5) is 50.9. The van der Waals surface area contributed by atoms with E-state index in [1.54, 1.807) is 9.80 Å². The summed E-state index contributed by atoms with van der Waals surface area (Å²) in [5.74, 6) is 0.309. The van der Waals surface area contributed by atoms with Crippen LogP contribution in [-0.2, 0) is 9.53 Å². The predicted molar refractivity (Wildman–Crippen MR) is 96.2 cm³/mol. The van der Waals surface area contributed by atoms with E-state index >= 15 is 0 Å². The zero-order chi connectivity index (χ0) is 19.3. The van der Waals surface area contributed by atoms with E-state index in [9.17, 15) is 14.4 Å². The lowest BCUT2D eigenvalue weighted by Crippen LogP contribution is -2.61. The van der Waals surface area contributed by atoms with Crippen molar-refractivity contribution in [2.75, 3.05) is 32.7 Å². The van der Waals surface area contributed by atoms with Gasteiger partial charge in [0.05, 0.1) is 11.6 Å². The van der Waals surface area contributed by atoms with Crippen molar-refractivity contribution in [1.29, 1.82) is 0 Å². The topological polar surface area (TPSA) is 95.9 Å². The van der Waals surface area contributed by atoms with Crippen LogP contribution < -0.4 is 0 Å². The summed E-state index contributed by atoms with van der Waals surface area (Å²) in [5.41, 5.74) is -0.177. The summed E-state index contributed by atoms with van der Waals surface area (Å²) in [6, 6.07) is -0.180. The molecule has 1 aliphatic carbocycles. The van der Waals surface area contributed by atoms with Gasteiger partial charge in [0, 0.05) is 63.9 Å². The molecule has 1 aromatic heterocycles. The molecule has 4 aliphatic rings. The highest BCUT2D eigenvalue weighted by Crippen LogP contribution is 2.41. The number of rotatable bonds is 2. The van der Waals surface area contributed by atoms with Gasteiger partial charge in [0.25, 0.3) is 5.91 Å². The molecule has 3 aliphatic heterocycles. The Morgan fingerprint density at radius 3 is 2.43 bits per heavy atom. The maximum Gasteiger partial charge on any atom is 0.410 e. The molecule has 5 rings (SSSR count). The fourth-order valence-corrected chi connectivity index (χ4v) is 4.66. The lowest BCUT2D eigenvalue weighted by Gasteiger charge is -2.45. The van der Waals surface area contributed by atoms with Gasteiger partial charge in [-0.15, -0.1) is 0 Å². The monoisotopic (exact) mass is 385 g/mol. The van der Waals surface area contributed by atoms with Gasteiger partial charge >= 0.3 is 6.09 Å². The third-order valence-electron chi connectivity index (χ3n) is 6.46. The number of ether oxygens (including phenoxy) is 1. The predicted octanol–water partition coefficient (Wildman–Crippen LogP) is 0.524. The number of likely N-dealkylation sites (tertiary alicyclic amines) is 1. The van der Waals surface area contributed by atoms with Crippen molar-refractivity contribution in [3.63, 3.8) is 0 Å². The molecule has 3 amide bonds. The number of carbonyl (C=O) groups excluding carboxylic acids is 3. The standard InChI is InChI=1S/C19H23N5O4/c25-16(13-1-2-13)22-5-3-19(4-6-22)15-11-23(7-8-24(15)18(27)28-19)17(26)14-9-20-12-21-10-14/h9-10,12-13,15H,1-8,11H2. The van der Waals surface area contributed by atoms with Gasteiger partial charge in [0.2, 0.25) is 5.91 Å². The van der Waals surface area contributed by atoms with E-state index in [4.69, 9.17) is 4.74 Å². The van der Waals surface area contributed by atoms with Gasteiger partial charge in [-0.2, -0.15) is 0 Å². The Hall–Kier alpha value is -2.71. The fraction of sp³-hybridized carbons (Fsp3) is 0.632. The van der Waals surface area contributed by atoms with Crippen LogP contribution in [0.1, 0.15) is 36.0 Å². The zero-order valence-corrected chi connectivity index (χ0v) is 15.6. The summed E-state index contributed by atoms with van der Waals surface area (Å²) < 4.78 is 5.86. The molecule has 4 fully saturated rings. The molecule has 4 heterocycles. The molecule has 0 N–H and O–H groups in total. The molecular formula is C19H23N5O4. The molecule has 1 atom stereocenters. The second-order valence-corrected chi connectivity index (χ2v) is 8.12. The van der Waals surface area contributed by atoms with Gasteiger partial charge < -0.3 is 14.5 Å². The Labute approximate surface area is 162 Å². The minimum Gasteiger partial charge on any atom is -0.440 e. The van der Waals surface area contributed by atoms with Crippen molar-refractivity contribution in [1.82, 2.24) is 24.7 Å². The molecule has 9 nitrogen and oxygen atoms in total. The van der Waals surface area contributed by atoms with Crippen LogP contribution in [0.25, 0.3) is 0 Å². The molecule has 148 valence electrons. The average molecular weight is 385 g/mol. The minimum atomic E-state index is -0.621. The molecule has 9 heteroatoms. The Morgan fingerprint density at radius 1 is 1.04 bits per heavy atom. The van der Waals surface area contributed by atoms with E-state index in [1.165, 1.54) is 18.7 Å². The summed E-state index contributed by atoms with van der Waals surface area (Å²) in [5, 5.41) is 0. The highest BCUT2D eigenvalue weighted by atomic mass is 16.6. The van der Waals surface area contributed by atoms with Crippen LogP contribution >= 0.6 is 0 Å². The first-order valence-electron chi connectivity index (χ1n) is 9.90. The number of fused-ring (bicyclic) bond motifs is 2. The Bertz CT molecular complexity index is 804. The first-order chi connectivity index (χ1) is 13.6. The normalized spacial score (nSPS) is 26.2. The van der Waals surface area contributed by atoms with Crippen molar-refractivity contribution in [3.05, 3.63) is 24.3 Å². The Morgan fingerprint density at radius 2 is 1.75 bits per heavy atom. The molecule has 3 saturated heterocycles. The minimum absolute atomic E-state index is 0.129. The SMILES string of the molecule is O=C(c1cncnc1)N1CCN2C(=O)OC3(CCN(C(=O)C4CC4)CC3)C2C1. The molecule has 1 unspecified atom stereocenters. The molecule has 1 saturated carbocycles. The molecule has 28 heavy (non-hydrogen) atoms. The molecular weight excluding hydrogens is 362 g/mol. The largest absolute Gasteiger partial charge is 0.440 e. The van der Waals surface area contributed by atoms with Crippen molar-refractivity contribution >= 4 is 17.9 Å². The van der Waals surface area contributed by atoms with Crippen molar-refractivity contribution in [2.24, 2.45) is 5.92 Å². The summed E-state index contributed by atoms with van der Waals surface area (Å²) in [6.07, 6.45) is 7.33. The lowest BCUT2D eigenvalue weighted by molar-refractivity contribution is -0.136. The number of hydrogen-bond acceptors (Lipinski definition) is 6. The van der Waals surface area contributed by atoms with Crippen LogP contribution in [0.5, 0.6) is 0 Å². The number of amides is 3. The fourth-order valence-electron chi connectivity index (χ4n) is 4.66. The van der Waals surface area contributed by atoms with Crippen molar-refractivity contribution in [3.8, 4) is 0 Å². The number of carbonyl (C=O) groups is 3. The van der Waals surface area contributed by atoms with Crippen LogP contribution in [0, 0.1) is 5.92 Å². The number of aromatic nitrogens is 2. The van der Waals surface area contributed by atoms with E-state index in [0.717, 1.165) is 12.8 Å². The average Bonchev–Trinajstić information content (AvgIpc) is 3.55. The number of piperidine rings is 1. The van der Waals surface area contributed by atoms with Crippen LogP contribution in [0.3, 0.4) is 0 Å². The molecule has 0 aromatic carbocycles. The molecule has 0 radical (unpaired) electrons. The highest BCUT2D eigenvalue weighted by Gasteiger charge is 2.57. The number of piperazine rings is 1. The molecule has 1 aromatic rings. The maximum absolute atomic E-state index is 12.8. The highest BCUT2D eigenvalue weighted by molar-refractivity contribution is 5.93. The molecule has 1 spiro atoms. The van der Waals surface area contributed by atoms with E-state index in [-0.39, 0.29) is 29.9 Å². The second kappa shape index (κ2) is 6.42. The van der Waals surface area contributed by atoms with Gasteiger partial charge in [-0.25, -0.2) is 14.8 Å². The quantitative estimate of drug-likeness (QED) is 0.737. The first kappa shape index (κ1) is 17.4. The summed E-state index contributed by atoms with van der Waals surface area (Å²) >= 11 is 0. The lowest BCUT2D eigenvalue weighted by atomic mass is 9.83. The second-order valence-electron chi connectivity index (χ2n) is 8.12. The number of hydrogen-bond donors (Lipinski definition) is 0. The van der Waals surface area contributed by atoms with Crippen LogP contribution in [0.4, 0.5) is 4.79 Å². The zero-order valence-electron chi connectivity index (χ0n) is 15.6. The summed E-state index contributed by atoms with van der Waals surface area (Å²) in [6.45, 7) is 2.55. The van der Waals surface area contributed by atoms with Crippen LogP contribution in [0.2, 0.25) is 0 Å². The van der Waals surface area contributed by atoms with Gasteiger partial charge in [0.15, 0.2) is 0 Å². The van der Waals surface area contributed by atoms with Gasteiger partial charge in [-0.05, 0) is 12.8 Å². The first-order valence-corrected chi connectivity index (χ1v) is 9.90. The van der Waals surface area contributed by atoms with E-state index in [2.05, 4.69) is 9.97 Å². The third-order valence-corrected chi connectivity index (χ3v) is 6.46. The van der Waals surface area contributed by atoms with Gasteiger partial charge in [-0.1, -0.05) is 0 Å². The van der Waals surface area contributed by atoms with Gasteiger partial charge in [-0.3, -0.25) is 14.5 Å². The van der Waals surface area contributed by atoms with Crippen molar-refractivity contribution in [2.45, 2.75) is 37.3 Å². The Kier molecular flexibility index (Phi) is 3.99.